The van der Waals surface area contributed by atoms with Crippen LogP contribution in [0.2, 0.25) is 0 Å². The fraction of sp³-hybridized carbons (Fsp3) is 0.600. The summed E-state index contributed by atoms with van der Waals surface area (Å²) in [4.78, 5) is 16.8. The van der Waals surface area contributed by atoms with Gasteiger partial charge in [0.25, 0.3) is 0 Å². The van der Waals surface area contributed by atoms with Gasteiger partial charge in [0.1, 0.15) is 11.4 Å². The van der Waals surface area contributed by atoms with Gasteiger partial charge in [0.2, 0.25) is 0 Å². The lowest BCUT2D eigenvalue weighted by Gasteiger charge is -2.31. The number of likely N-dealkylation sites (tertiary alicyclic amines) is 1. The van der Waals surface area contributed by atoms with Gasteiger partial charge in [0.05, 0.1) is 4.88 Å². The topological polar surface area (TPSA) is 63.3 Å². The predicted octanol–water partition coefficient (Wildman–Crippen LogP) is 2.17. The number of aliphatic hydroxyl groups is 1. The molecule has 3 rings (SSSR count). The molecule has 1 saturated heterocycles. The van der Waals surface area contributed by atoms with Crippen molar-refractivity contribution in [2.45, 2.75) is 58.2 Å². The first-order valence-electron chi connectivity index (χ1n) is 9.47. The molecule has 1 fully saturated rings. The highest BCUT2D eigenvalue weighted by Crippen LogP contribution is 2.28. The molecule has 3 heterocycles. The molecule has 0 spiro atoms. The summed E-state index contributed by atoms with van der Waals surface area (Å²) in [6, 6.07) is 4.15. The van der Waals surface area contributed by atoms with Crippen LogP contribution >= 0.6 is 11.3 Å². The summed E-state index contributed by atoms with van der Waals surface area (Å²) < 4.78 is 3.25. The van der Waals surface area contributed by atoms with Crippen LogP contribution in [0, 0.1) is 11.8 Å². The van der Waals surface area contributed by atoms with Gasteiger partial charge in [-0.1, -0.05) is 11.8 Å². The number of hydrogen-bond donors (Lipinski definition) is 1. The Hall–Kier alpha value is -1.88. The molecule has 0 atom stereocenters. The second kappa shape index (κ2) is 8.01. The molecule has 1 aliphatic rings. The van der Waals surface area contributed by atoms with Crippen LogP contribution in [-0.2, 0) is 20.1 Å². The van der Waals surface area contributed by atoms with Gasteiger partial charge in [0, 0.05) is 30.9 Å². The van der Waals surface area contributed by atoms with E-state index in [-0.39, 0.29) is 5.69 Å². The zero-order valence-electron chi connectivity index (χ0n) is 16.5. The second-order valence-corrected chi connectivity index (χ2v) is 8.80. The van der Waals surface area contributed by atoms with Gasteiger partial charge in [-0.15, -0.1) is 11.3 Å². The highest BCUT2D eigenvalue weighted by atomic mass is 32.1. The van der Waals surface area contributed by atoms with Crippen LogP contribution in [0.1, 0.15) is 55.1 Å². The number of hydrogen-bond acceptors (Lipinski definition) is 5. The molecule has 1 aliphatic heterocycles. The standard InChI is InChI=1S/C20H28N4O2S/c1-5-24-18(21-22(4)19(24)25)15-9-12-23(13-10-15)14-17-7-6-16(27-17)8-11-20(2,3)26/h6-7,15,26H,5,9-10,12-14H2,1-4H3. The first kappa shape index (κ1) is 19.9. The second-order valence-electron chi connectivity index (χ2n) is 7.63. The molecule has 0 unspecified atom stereocenters. The SMILES string of the molecule is CCn1c(C2CCN(Cc3ccc(C#CC(C)(C)O)s3)CC2)nn(C)c1=O. The predicted molar refractivity (Wildman–Crippen MR) is 108 cm³/mol. The zero-order chi connectivity index (χ0) is 19.6. The number of piperidine rings is 1. The van der Waals surface area contributed by atoms with Crippen LogP contribution in [0.15, 0.2) is 16.9 Å². The third kappa shape index (κ3) is 4.89. The monoisotopic (exact) mass is 388 g/mol. The quantitative estimate of drug-likeness (QED) is 0.816. The van der Waals surface area contributed by atoms with Gasteiger partial charge in [-0.3, -0.25) is 9.47 Å². The van der Waals surface area contributed by atoms with Gasteiger partial charge in [-0.25, -0.2) is 9.48 Å². The zero-order valence-corrected chi connectivity index (χ0v) is 17.3. The van der Waals surface area contributed by atoms with E-state index in [0.717, 1.165) is 43.2 Å². The number of thiophene rings is 1. The number of rotatable bonds is 4. The fourth-order valence-corrected chi connectivity index (χ4v) is 4.34. The summed E-state index contributed by atoms with van der Waals surface area (Å²) in [5.41, 5.74) is -0.982. The summed E-state index contributed by atoms with van der Waals surface area (Å²) >= 11 is 1.69. The van der Waals surface area contributed by atoms with Crippen molar-refractivity contribution >= 4 is 11.3 Å². The fourth-order valence-electron chi connectivity index (χ4n) is 3.44. The molecular weight excluding hydrogens is 360 g/mol. The molecule has 2 aromatic heterocycles. The Morgan fingerprint density at radius 3 is 2.67 bits per heavy atom. The maximum Gasteiger partial charge on any atom is 0.345 e. The van der Waals surface area contributed by atoms with Gasteiger partial charge in [-0.05, 0) is 58.8 Å². The van der Waals surface area contributed by atoms with Crippen LogP contribution in [0.3, 0.4) is 0 Å². The van der Waals surface area contributed by atoms with E-state index < -0.39 is 5.60 Å². The van der Waals surface area contributed by atoms with Crippen molar-refractivity contribution in [2.75, 3.05) is 13.1 Å². The average Bonchev–Trinajstić information content (AvgIpc) is 3.18. The largest absolute Gasteiger partial charge is 0.378 e. The van der Waals surface area contributed by atoms with E-state index in [4.69, 9.17) is 0 Å². The van der Waals surface area contributed by atoms with E-state index in [2.05, 4.69) is 27.9 Å². The first-order chi connectivity index (χ1) is 12.8. The third-order valence-corrected chi connectivity index (χ3v) is 5.82. The highest BCUT2D eigenvalue weighted by molar-refractivity contribution is 7.12. The Morgan fingerprint density at radius 1 is 1.33 bits per heavy atom. The Bertz CT molecular complexity index is 899. The lowest BCUT2D eigenvalue weighted by Crippen LogP contribution is -2.33. The Kier molecular flexibility index (Phi) is 5.89. The van der Waals surface area contributed by atoms with Crippen molar-refractivity contribution in [2.24, 2.45) is 7.05 Å². The maximum atomic E-state index is 12.1. The van der Waals surface area contributed by atoms with Crippen LogP contribution in [0.25, 0.3) is 0 Å². The minimum absolute atomic E-state index is 0.0202. The molecule has 0 bridgehead atoms. The molecule has 0 radical (unpaired) electrons. The van der Waals surface area contributed by atoms with E-state index in [1.165, 1.54) is 9.56 Å². The molecule has 27 heavy (non-hydrogen) atoms. The van der Waals surface area contributed by atoms with Crippen LogP contribution in [-0.4, -0.2) is 43.0 Å². The van der Waals surface area contributed by atoms with E-state index >= 15 is 0 Å². The number of nitrogens with zero attached hydrogens (tertiary/aromatic N) is 4. The van der Waals surface area contributed by atoms with Crippen LogP contribution in [0.5, 0.6) is 0 Å². The van der Waals surface area contributed by atoms with Crippen LogP contribution in [0.4, 0.5) is 0 Å². The third-order valence-electron chi connectivity index (χ3n) is 4.84. The minimum Gasteiger partial charge on any atom is -0.378 e. The Balaban J connectivity index is 1.59. The van der Waals surface area contributed by atoms with Crippen molar-refractivity contribution in [3.63, 3.8) is 0 Å². The lowest BCUT2D eigenvalue weighted by molar-refractivity contribution is 0.143. The number of aryl methyl sites for hydroxylation is 1. The molecule has 2 aromatic rings. The summed E-state index contributed by atoms with van der Waals surface area (Å²) in [5.74, 6) is 7.20. The first-order valence-corrected chi connectivity index (χ1v) is 10.3. The van der Waals surface area contributed by atoms with Crippen molar-refractivity contribution in [1.82, 2.24) is 19.2 Å². The van der Waals surface area contributed by atoms with Crippen molar-refractivity contribution in [3.05, 3.63) is 38.2 Å². The molecule has 1 N–H and O–H groups in total. The normalized spacial score (nSPS) is 16.3. The van der Waals surface area contributed by atoms with Gasteiger partial charge in [-0.2, -0.15) is 5.10 Å². The molecule has 6 nitrogen and oxygen atoms in total. The molecule has 0 aliphatic carbocycles. The van der Waals surface area contributed by atoms with Gasteiger partial charge >= 0.3 is 5.69 Å². The summed E-state index contributed by atoms with van der Waals surface area (Å²) in [6.07, 6.45) is 2.04. The van der Waals surface area contributed by atoms with Crippen LogP contribution < -0.4 is 5.69 Å². The Labute approximate surface area is 164 Å². The smallest absolute Gasteiger partial charge is 0.345 e. The summed E-state index contributed by atoms with van der Waals surface area (Å²) in [6.45, 7) is 8.98. The molecule has 0 saturated carbocycles. The molecule has 7 heteroatoms. The highest BCUT2D eigenvalue weighted by Gasteiger charge is 2.26. The number of aromatic nitrogens is 3. The van der Waals surface area contributed by atoms with Gasteiger partial charge in [0.15, 0.2) is 0 Å². The summed E-state index contributed by atoms with van der Waals surface area (Å²) in [5, 5.41) is 14.2. The molecule has 0 aromatic carbocycles. The maximum absolute atomic E-state index is 12.1. The van der Waals surface area contributed by atoms with Crippen molar-refractivity contribution in [1.29, 1.82) is 0 Å². The molecule has 146 valence electrons. The molecule has 0 amide bonds. The van der Waals surface area contributed by atoms with E-state index in [1.54, 1.807) is 36.8 Å². The van der Waals surface area contributed by atoms with Crippen molar-refractivity contribution < 1.29 is 5.11 Å². The van der Waals surface area contributed by atoms with E-state index in [1.807, 2.05) is 13.0 Å². The van der Waals surface area contributed by atoms with E-state index in [9.17, 15) is 9.90 Å². The van der Waals surface area contributed by atoms with E-state index in [0.29, 0.717) is 12.5 Å². The minimum atomic E-state index is -0.961. The van der Waals surface area contributed by atoms with Gasteiger partial charge < -0.3 is 5.11 Å². The average molecular weight is 389 g/mol. The van der Waals surface area contributed by atoms with Crippen molar-refractivity contribution in [3.8, 4) is 11.8 Å². The Morgan fingerprint density at radius 2 is 2.04 bits per heavy atom. The lowest BCUT2D eigenvalue weighted by atomic mass is 9.96. The molecular formula is C20H28N4O2S. The summed E-state index contributed by atoms with van der Waals surface area (Å²) in [7, 11) is 1.72.